The van der Waals surface area contributed by atoms with E-state index in [9.17, 15) is 0 Å². The minimum atomic E-state index is 0.156. The highest BCUT2D eigenvalue weighted by Crippen LogP contribution is 2.32. The summed E-state index contributed by atoms with van der Waals surface area (Å²) in [5, 5.41) is 4.29. The molecule has 0 saturated heterocycles. The predicted octanol–water partition coefficient (Wildman–Crippen LogP) is 4.89. The summed E-state index contributed by atoms with van der Waals surface area (Å²) in [5.74, 6) is 4.79. The van der Waals surface area contributed by atoms with Gasteiger partial charge in [0.05, 0.1) is 19.3 Å². The van der Waals surface area contributed by atoms with Crippen molar-refractivity contribution in [1.82, 2.24) is 10.1 Å². The van der Waals surface area contributed by atoms with Crippen molar-refractivity contribution in [3.05, 3.63) is 53.9 Å². The van der Waals surface area contributed by atoms with Crippen molar-refractivity contribution >= 4 is 22.7 Å². The first kappa shape index (κ1) is 20.3. The quantitative estimate of drug-likeness (QED) is 0.492. The lowest BCUT2D eigenvalue weighted by atomic mass is 10.2. The fourth-order valence-electron chi connectivity index (χ4n) is 2.59. The molecule has 0 saturated carbocycles. The third kappa shape index (κ3) is 4.89. The number of para-hydroxylation sites is 1. The van der Waals surface area contributed by atoms with Crippen LogP contribution < -0.4 is 14.2 Å². The minimum absolute atomic E-state index is 0.156. The first-order valence-corrected chi connectivity index (χ1v) is 9.21. The lowest BCUT2D eigenvalue weighted by Crippen LogP contribution is -1.99. The van der Waals surface area contributed by atoms with E-state index in [1.54, 1.807) is 25.3 Å². The van der Waals surface area contributed by atoms with E-state index in [2.05, 4.69) is 16.1 Å². The highest BCUT2D eigenvalue weighted by Gasteiger charge is 2.15. The fourth-order valence-corrected chi connectivity index (χ4v) is 2.79. The van der Waals surface area contributed by atoms with E-state index in [1.807, 2.05) is 37.3 Å². The smallest absolute Gasteiger partial charge is 0.269 e. The molecular formula is C22H19ClN2O4. The molecule has 0 atom stereocenters. The molecule has 6 nitrogen and oxygen atoms in total. The average molecular weight is 411 g/mol. The van der Waals surface area contributed by atoms with Crippen LogP contribution in [0.5, 0.6) is 17.2 Å². The summed E-state index contributed by atoms with van der Waals surface area (Å²) >= 11 is 6.40. The Labute approximate surface area is 174 Å². The molecule has 7 heteroatoms. The van der Waals surface area contributed by atoms with Crippen molar-refractivity contribution in [3.63, 3.8) is 0 Å². The second kappa shape index (κ2) is 9.67. The number of nitrogens with zero attached hydrogens (tertiary/aromatic N) is 2. The summed E-state index contributed by atoms with van der Waals surface area (Å²) in [7, 11) is 1.58. The molecular weight excluding hydrogens is 392 g/mol. The molecule has 0 amide bonds. The summed E-state index contributed by atoms with van der Waals surface area (Å²) < 4.78 is 21.8. The van der Waals surface area contributed by atoms with E-state index < -0.39 is 0 Å². The molecule has 0 bridgehead atoms. The van der Waals surface area contributed by atoms with Gasteiger partial charge in [0.25, 0.3) is 5.89 Å². The second-order valence-electron chi connectivity index (χ2n) is 5.75. The van der Waals surface area contributed by atoms with Crippen molar-refractivity contribution in [2.75, 3.05) is 20.3 Å². The minimum Gasteiger partial charge on any atom is -0.496 e. The summed E-state index contributed by atoms with van der Waals surface area (Å²) in [4.78, 5) is 4.37. The van der Waals surface area contributed by atoms with Gasteiger partial charge >= 0.3 is 0 Å². The Hall–Kier alpha value is -3.43. The average Bonchev–Trinajstić information content (AvgIpc) is 3.23. The van der Waals surface area contributed by atoms with Crippen LogP contribution in [0.25, 0.3) is 22.5 Å². The van der Waals surface area contributed by atoms with Crippen LogP contribution in [0.2, 0.25) is 0 Å². The number of hydrogen-bond acceptors (Lipinski definition) is 6. The Morgan fingerprint density at radius 1 is 1.17 bits per heavy atom. The number of halogens is 1. The van der Waals surface area contributed by atoms with Gasteiger partial charge in [-0.05, 0) is 42.8 Å². The van der Waals surface area contributed by atoms with Crippen molar-refractivity contribution < 1.29 is 18.7 Å². The second-order valence-corrected chi connectivity index (χ2v) is 6.15. The van der Waals surface area contributed by atoms with Gasteiger partial charge in [0.15, 0.2) is 11.5 Å². The Morgan fingerprint density at radius 2 is 2.00 bits per heavy atom. The van der Waals surface area contributed by atoms with Crippen molar-refractivity contribution in [2.45, 2.75) is 6.92 Å². The van der Waals surface area contributed by atoms with E-state index in [4.69, 9.17) is 36.8 Å². The maximum Gasteiger partial charge on any atom is 0.269 e. The summed E-state index contributed by atoms with van der Waals surface area (Å²) in [6.07, 6.45) is 6.95. The molecule has 1 aromatic heterocycles. The molecule has 2 aromatic carbocycles. The zero-order valence-electron chi connectivity index (χ0n) is 16.0. The Morgan fingerprint density at radius 3 is 2.76 bits per heavy atom. The van der Waals surface area contributed by atoms with Crippen LogP contribution in [0, 0.1) is 12.3 Å². The molecule has 3 rings (SSSR count). The van der Waals surface area contributed by atoms with Crippen molar-refractivity contribution in [1.29, 1.82) is 0 Å². The molecule has 1 heterocycles. The lowest BCUT2D eigenvalue weighted by Gasteiger charge is -2.11. The molecule has 29 heavy (non-hydrogen) atoms. The molecule has 0 N–H and O–H groups in total. The monoisotopic (exact) mass is 410 g/mol. The van der Waals surface area contributed by atoms with Gasteiger partial charge in [0, 0.05) is 0 Å². The SMILES string of the molecule is C#CCOc1ccc(/C=C(\Cl)c2nc(-c3ccccc3OC)no2)cc1OCC. The Balaban J connectivity index is 1.87. The molecule has 0 aliphatic heterocycles. The third-order valence-corrected chi connectivity index (χ3v) is 4.12. The summed E-state index contributed by atoms with van der Waals surface area (Å²) in [5.41, 5.74) is 1.49. The largest absolute Gasteiger partial charge is 0.496 e. The topological polar surface area (TPSA) is 66.6 Å². The van der Waals surface area contributed by atoms with Gasteiger partial charge in [0.1, 0.15) is 17.4 Å². The van der Waals surface area contributed by atoms with Gasteiger partial charge in [0.2, 0.25) is 5.82 Å². The molecule has 3 aromatic rings. The van der Waals surface area contributed by atoms with Gasteiger partial charge < -0.3 is 18.7 Å². The number of rotatable bonds is 8. The fraction of sp³-hybridized carbons (Fsp3) is 0.182. The van der Waals surface area contributed by atoms with Crippen LogP contribution >= 0.6 is 11.6 Å². The van der Waals surface area contributed by atoms with Gasteiger partial charge in [-0.25, -0.2) is 0 Å². The maximum atomic E-state index is 6.40. The number of hydrogen-bond donors (Lipinski definition) is 0. The maximum absolute atomic E-state index is 6.40. The van der Waals surface area contributed by atoms with Crippen LogP contribution in [0.1, 0.15) is 18.4 Å². The normalized spacial score (nSPS) is 11.0. The van der Waals surface area contributed by atoms with E-state index in [1.165, 1.54) is 0 Å². The van der Waals surface area contributed by atoms with Crippen LogP contribution in [-0.4, -0.2) is 30.5 Å². The zero-order valence-corrected chi connectivity index (χ0v) is 16.8. The first-order valence-electron chi connectivity index (χ1n) is 8.84. The van der Waals surface area contributed by atoms with E-state index in [0.717, 1.165) is 5.56 Å². The number of benzene rings is 2. The van der Waals surface area contributed by atoms with Gasteiger partial charge in [-0.15, -0.1) is 6.42 Å². The van der Waals surface area contributed by atoms with Gasteiger partial charge in [-0.1, -0.05) is 40.9 Å². The van der Waals surface area contributed by atoms with E-state index >= 15 is 0 Å². The van der Waals surface area contributed by atoms with Gasteiger partial charge in [-0.3, -0.25) is 0 Å². The summed E-state index contributed by atoms with van der Waals surface area (Å²) in [6.45, 7) is 2.53. The summed E-state index contributed by atoms with van der Waals surface area (Å²) in [6, 6.07) is 12.8. The van der Waals surface area contributed by atoms with Crippen LogP contribution in [0.3, 0.4) is 0 Å². The van der Waals surface area contributed by atoms with Crippen molar-refractivity contribution in [2.24, 2.45) is 0 Å². The van der Waals surface area contributed by atoms with Crippen LogP contribution in [0.4, 0.5) is 0 Å². The van der Waals surface area contributed by atoms with E-state index in [-0.39, 0.29) is 12.5 Å². The highest BCUT2D eigenvalue weighted by molar-refractivity contribution is 6.50. The van der Waals surface area contributed by atoms with Gasteiger partial charge in [-0.2, -0.15) is 4.98 Å². The van der Waals surface area contributed by atoms with Crippen LogP contribution in [0.15, 0.2) is 47.0 Å². The van der Waals surface area contributed by atoms with Crippen LogP contribution in [-0.2, 0) is 0 Å². The molecule has 0 aliphatic rings. The molecule has 0 unspecified atom stereocenters. The van der Waals surface area contributed by atoms with E-state index in [0.29, 0.717) is 40.3 Å². The number of terminal acetylenes is 1. The molecule has 0 aliphatic carbocycles. The Kier molecular flexibility index (Phi) is 6.77. The number of ether oxygens (including phenoxy) is 3. The highest BCUT2D eigenvalue weighted by atomic mass is 35.5. The molecule has 0 fully saturated rings. The Bertz CT molecular complexity index is 1050. The number of methoxy groups -OCH3 is 1. The number of aromatic nitrogens is 2. The lowest BCUT2D eigenvalue weighted by molar-refractivity contribution is 0.299. The third-order valence-electron chi connectivity index (χ3n) is 3.85. The predicted molar refractivity (Wildman–Crippen MR) is 112 cm³/mol. The first-order chi connectivity index (χ1) is 14.2. The standard InChI is InChI=1S/C22H19ClN2O4/c1-4-12-28-19-11-10-15(14-20(19)27-5-2)13-17(23)22-24-21(25-29-22)16-8-6-7-9-18(16)26-3/h1,6-11,13-14H,5,12H2,2-3H3/b17-13-. The molecule has 0 radical (unpaired) electrons. The van der Waals surface area contributed by atoms with Crippen molar-refractivity contribution in [3.8, 4) is 41.0 Å². The molecule has 148 valence electrons. The molecule has 0 spiro atoms. The zero-order chi connectivity index (χ0) is 20.6.